The van der Waals surface area contributed by atoms with E-state index < -0.39 is 21.2 Å². The van der Waals surface area contributed by atoms with Crippen LogP contribution in [0.25, 0.3) is 11.1 Å². The lowest BCUT2D eigenvalue weighted by atomic mass is 9.76. The second-order valence-corrected chi connectivity index (χ2v) is 13.0. The van der Waals surface area contributed by atoms with Gasteiger partial charge in [0.2, 0.25) is 0 Å². The quantitative estimate of drug-likeness (QED) is 0.389. The van der Waals surface area contributed by atoms with Crippen molar-refractivity contribution in [1.82, 2.24) is 0 Å². The first-order valence-electron chi connectivity index (χ1n) is 13.2. The zero-order valence-electron chi connectivity index (χ0n) is 22.3. The Balaban J connectivity index is 1.25. The van der Waals surface area contributed by atoms with Gasteiger partial charge in [-0.2, -0.15) is 0 Å². The molecule has 0 atom stereocenters. The van der Waals surface area contributed by atoms with E-state index in [-0.39, 0.29) is 24.0 Å². The fourth-order valence-corrected chi connectivity index (χ4v) is 6.84. The molecule has 5 rings (SSSR count). The van der Waals surface area contributed by atoms with Gasteiger partial charge in [-0.05, 0) is 84.3 Å². The number of carbonyl (C=O) groups is 1. The maximum atomic E-state index is 11.7. The highest BCUT2D eigenvalue weighted by Gasteiger charge is 2.42. The first kappa shape index (κ1) is 27.2. The fourth-order valence-electron chi connectivity index (χ4n) is 5.40. The summed E-state index contributed by atoms with van der Waals surface area (Å²) in [6, 6.07) is 19.9. The van der Waals surface area contributed by atoms with Gasteiger partial charge in [0.15, 0.2) is 9.84 Å². The molecule has 0 aliphatic carbocycles. The Labute approximate surface area is 229 Å². The largest absolute Gasteiger partial charge is 0.490 e. The molecule has 2 aliphatic heterocycles. The SMILES string of the molecule is Cc1cc(OC2CCS(=O)(=O)CC2)ccc1-c1cccc(COc2ccc(C3(CC(=O)O)COC3)cc2)c1C. The number of carboxylic acids is 1. The number of rotatable bonds is 9. The Morgan fingerprint density at radius 1 is 0.974 bits per heavy atom. The van der Waals surface area contributed by atoms with Crippen molar-refractivity contribution in [2.75, 3.05) is 24.7 Å². The smallest absolute Gasteiger partial charge is 0.304 e. The monoisotopic (exact) mass is 550 g/mol. The molecule has 1 N–H and O–H groups in total. The third-order valence-electron chi connectivity index (χ3n) is 7.85. The molecule has 8 heteroatoms. The van der Waals surface area contributed by atoms with E-state index in [0.29, 0.717) is 32.7 Å². The van der Waals surface area contributed by atoms with Crippen LogP contribution in [0.5, 0.6) is 11.5 Å². The lowest BCUT2D eigenvalue weighted by molar-refractivity contribution is -0.145. The number of aliphatic carboxylic acids is 1. The Kier molecular flexibility index (Phi) is 7.69. The molecule has 0 aromatic heterocycles. The van der Waals surface area contributed by atoms with Crippen molar-refractivity contribution in [3.05, 3.63) is 82.9 Å². The summed E-state index contributed by atoms with van der Waals surface area (Å²) in [7, 11) is -2.92. The zero-order valence-corrected chi connectivity index (χ0v) is 23.1. The fraction of sp³-hybridized carbons (Fsp3) is 0.387. The van der Waals surface area contributed by atoms with Gasteiger partial charge in [-0.1, -0.05) is 36.4 Å². The summed E-state index contributed by atoms with van der Waals surface area (Å²) in [6.07, 6.45) is 1.05. The summed E-state index contributed by atoms with van der Waals surface area (Å²) >= 11 is 0. The van der Waals surface area contributed by atoms with Crippen molar-refractivity contribution in [2.24, 2.45) is 0 Å². The second-order valence-electron chi connectivity index (χ2n) is 10.7. The average molecular weight is 551 g/mol. The van der Waals surface area contributed by atoms with Crippen LogP contribution in [0.3, 0.4) is 0 Å². The average Bonchev–Trinajstić information content (AvgIpc) is 2.88. The minimum absolute atomic E-state index is 0.0522. The number of sulfone groups is 1. The Morgan fingerprint density at radius 2 is 1.67 bits per heavy atom. The molecule has 7 nitrogen and oxygen atoms in total. The molecule has 3 aromatic rings. The van der Waals surface area contributed by atoms with E-state index in [0.717, 1.165) is 44.9 Å². The van der Waals surface area contributed by atoms with Crippen molar-refractivity contribution >= 4 is 15.8 Å². The second kappa shape index (κ2) is 11.0. The lowest BCUT2D eigenvalue weighted by Gasteiger charge is -2.40. The van der Waals surface area contributed by atoms with Crippen LogP contribution in [0.1, 0.15) is 41.5 Å². The number of carboxylic acid groups (broad SMARTS) is 1. The molecule has 2 saturated heterocycles. The van der Waals surface area contributed by atoms with Gasteiger partial charge in [0.25, 0.3) is 0 Å². The lowest BCUT2D eigenvalue weighted by Crippen LogP contribution is -2.48. The van der Waals surface area contributed by atoms with Crippen LogP contribution in [0, 0.1) is 13.8 Å². The third-order valence-corrected chi connectivity index (χ3v) is 9.56. The predicted molar refractivity (Wildman–Crippen MR) is 149 cm³/mol. The van der Waals surface area contributed by atoms with Crippen LogP contribution in [-0.4, -0.2) is 50.3 Å². The van der Waals surface area contributed by atoms with Crippen molar-refractivity contribution < 1.29 is 32.5 Å². The van der Waals surface area contributed by atoms with Crippen LogP contribution in [-0.2, 0) is 31.4 Å². The summed E-state index contributed by atoms with van der Waals surface area (Å²) in [5.41, 5.74) is 6.04. The van der Waals surface area contributed by atoms with E-state index in [4.69, 9.17) is 14.2 Å². The summed E-state index contributed by atoms with van der Waals surface area (Å²) in [5, 5.41) is 9.28. The van der Waals surface area contributed by atoms with Gasteiger partial charge < -0.3 is 19.3 Å². The number of ether oxygens (including phenoxy) is 3. The normalized spacial score (nSPS) is 18.2. The van der Waals surface area contributed by atoms with Crippen LogP contribution in [0.15, 0.2) is 60.7 Å². The highest BCUT2D eigenvalue weighted by Crippen LogP contribution is 2.37. The molecule has 2 fully saturated rings. The van der Waals surface area contributed by atoms with Gasteiger partial charge in [0, 0.05) is 0 Å². The molecule has 0 amide bonds. The molecule has 0 radical (unpaired) electrons. The standard InChI is InChI=1S/C31H34O7S/c1-21-16-27(38-26-12-14-39(34,35)15-13-26)10-11-28(21)29-5-3-4-23(22(29)2)18-37-25-8-6-24(7-9-25)31(17-30(32)33)19-36-20-31/h3-11,16,26H,12-15,17-20H2,1-2H3,(H,32,33). The van der Waals surface area contributed by atoms with Gasteiger partial charge >= 0.3 is 5.97 Å². The zero-order chi connectivity index (χ0) is 27.6. The molecule has 0 bridgehead atoms. The van der Waals surface area contributed by atoms with E-state index in [1.807, 2.05) is 42.5 Å². The van der Waals surface area contributed by atoms with Crippen molar-refractivity contribution in [2.45, 2.75) is 51.2 Å². The number of aryl methyl sites for hydroxylation is 1. The molecule has 0 spiro atoms. The van der Waals surface area contributed by atoms with E-state index in [1.54, 1.807) is 0 Å². The van der Waals surface area contributed by atoms with E-state index in [9.17, 15) is 18.3 Å². The van der Waals surface area contributed by atoms with E-state index >= 15 is 0 Å². The number of hydrogen-bond donors (Lipinski definition) is 1. The maximum Gasteiger partial charge on any atom is 0.304 e. The van der Waals surface area contributed by atoms with E-state index in [1.165, 1.54) is 0 Å². The molecule has 2 aliphatic rings. The highest BCUT2D eigenvalue weighted by atomic mass is 32.2. The first-order chi connectivity index (χ1) is 18.6. The summed E-state index contributed by atoms with van der Waals surface area (Å²) < 4.78 is 40.9. The molecule has 2 heterocycles. The van der Waals surface area contributed by atoms with Crippen LogP contribution >= 0.6 is 0 Å². The van der Waals surface area contributed by atoms with Crippen LogP contribution in [0.4, 0.5) is 0 Å². The topological polar surface area (TPSA) is 99.1 Å². The highest BCUT2D eigenvalue weighted by molar-refractivity contribution is 7.91. The van der Waals surface area contributed by atoms with Gasteiger partial charge in [0.1, 0.15) is 24.2 Å². The molecule has 0 saturated carbocycles. The minimum Gasteiger partial charge on any atom is -0.490 e. The molecule has 3 aromatic carbocycles. The minimum atomic E-state index is -2.92. The molecule has 206 valence electrons. The van der Waals surface area contributed by atoms with Gasteiger partial charge in [0.05, 0.1) is 36.6 Å². The predicted octanol–water partition coefficient (Wildman–Crippen LogP) is 5.25. The number of benzene rings is 3. The van der Waals surface area contributed by atoms with Crippen molar-refractivity contribution in [1.29, 1.82) is 0 Å². The molecule has 0 unspecified atom stereocenters. The Morgan fingerprint density at radius 3 is 2.28 bits per heavy atom. The Bertz CT molecular complexity index is 1440. The molecular formula is C31H34O7S. The van der Waals surface area contributed by atoms with Gasteiger partial charge in [-0.3, -0.25) is 4.79 Å². The summed E-state index contributed by atoms with van der Waals surface area (Å²) in [5.74, 6) is 1.04. The third kappa shape index (κ3) is 6.12. The van der Waals surface area contributed by atoms with Crippen molar-refractivity contribution in [3.8, 4) is 22.6 Å². The summed E-state index contributed by atoms with van der Waals surface area (Å²) in [6.45, 7) is 5.40. The summed E-state index contributed by atoms with van der Waals surface area (Å²) in [4.78, 5) is 11.3. The first-order valence-corrected chi connectivity index (χ1v) is 15.1. The number of hydrogen-bond acceptors (Lipinski definition) is 6. The molecular weight excluding hydrogens is 516 g/mol. The Hall–Kier alpha value is -3.36. The maximum absolute atomic E-state index is 11.7. The van der Waals surface area contributed by atoms with Gasteiger partial charge in [-0.15, -0.1) is 0 Å². The van der Waals surface area contributed by atoms with Crippen LogP contribution in [0.2, 0.25) is 0 Å². The van der Waals surface area contributed by atoms with Crippen LogP contribution < -0.4 is 9.47 Å². The van der Waals surface area contributed by atoms with E-state index in [2.05, 4.69) is 32.0 Å². The van der Waals surface area contributed by atoms with Gasteiger partial charge in [-0.25, -0.2) is 8.42 Å². The molecule has 39 heavy (non-hydrogen) atoms. The van der Waals surface area contributed by atoms with Crippen molar-refractivity contribution in [3.63, 3.8) is 0 Å².